The monoisotopic (exact) mass is 167 g/mol. The van der Waals surface area contributed by atoms with Crippen molar-refractivity contribution in [3.8, 4) is 0 Å². The third kappa shape index (κ3) is 2.02. The summed E-state index contributed by atoms with van der Waals surface area (Å²) in [7, 11) is 0. The smallest absolute Gasteiger partial charge is 0.0332 e. The third-order valence-corrected chi connectivity index (χ3v) is 2.78. The summed E-state index contributed by atoms with van der Waals surface area (Å²) in [5.74, 6) is 0. The molecule has 1 aliphatic rings. The van der Waals surface area contributed by atoms with Crippen LogP contribution in [0.15, 0.2) is 12.8 Å². The lowest BCUT2D eigenvalue weighted by atomic mass is 9.81. The van der Waals surface area contributed by atoms with Gasteiger partial charge in [-0.05, 0) is 30.9 Å². The van der Waals surface area contributed by atoms with Crippen LogP contribution in [0.3, 0.4) is 0 Å². The Kier molecular flexibility index (Phi) is 2.81. The van der Waals surface area contributed by atoms with E-state index in [1.54, 1.807) is 0 Å². The molecule has 1 heteroatoms. The normalized spacial score (nSPS) is 25.6. The summed E-state index contributed by atoms with van der Waals surface area (Å²) in [6.07, 6.45) is 6.05. The number of hydrogen-bond acceptors (Lipinski definition) is 1. The Morgan fingerprint density at radius 3 is 2.42 bits per heavy atom. The molecular weight excluding hydrogens is 146 g/mol. The lowest BCUT2D eigenvalue weighted by Crippen LogP contribution is -2.43. The van der Waals surface area contributed by atoms with Crippen molar-refractivity contribution in [2.24, 2.45) is 5.41 Å². The highest BCUT2D eigenvalue weighted by molar-refractivity contribution is 4.90. The second-order valence-corrected chi connectivity index (χ2v) is 4.80. The van der Waals surface area contributed by atoms with Gasteiger partial charge >= 0.3 is 0 Å². The van der Waals surface area contributed by atoms with E-state index in [4.69, 9.17) is 0 Å². The average Bonchev–Trinajstić information content (AvgIpc) is 2.03. The summed E-state index contributed by atoms with van der Waals surface area (Å²) in [6, 6.07) is 0.698. The molecule has 0 aromatic carbocycles. The lowest BCUT2D eigenvalue weighted by Gasteiger charge is -2.42. The molecule has 1 fully saturated rings. The predicted octanol–water partition coefficient (Wildman–Crippen LogP) is 3.03. The Labute approximate surface area is 76.5 Å². The maximum atomic E-state index is 3.87. The fourth-order valence-corrected chi connectivity index (χ4v) is 2.10. The molecule has 1 rings (SSSR count). The van der Waals surface area contributed by atoms with E-state index >= 15 is 0 Å². The van der Waals surface area contributed by atoms with E-state index in [2.05, 4.69) is 32.3 Å². The number of piperidine rings is 1. The average molecular weight is 167 g/mol. The van der Waals surface area contributed by atoms with Crippen LogP contribution in [0.5, 0.6) is 0 Å². The summed E-state index contributed by atoms with van der Waals surface area (Å²) in [5.41, 5.74) is 0.397. The van der Waals surface area contributed by atoms with Crippen LogP contribution in [0, 0.1) is 5.41 Å². The Morgan fingerprint density at radius 1 is 1.33 bits per heavy atom. The summed E-state index contributed by atoms with van der Waals surface area (Å²) < 4.78 is 0. The van der Waals surface area contributed by atoms with Gasteiger partial charge in [-0.2, -0.15) is 0 Å². The van der Waals surface area contributed by atoms with Crippen molar-refractivity contribution < 1.29 is 0 Å². The van der Waals surface area contributed by atoms with Crippen molar-refractivity contribution in [3.05, 3.63) is 12.8 Å². The van der Waals surface area contributed by atoms with Gasteiger partial charge in [-0.25, -0.2) is 0 Å². The standard InChI is InChI=1S/C11H21N/c1-5-12-9-7-6-8-10(12)11(2,3)4/h5,10H,1,6-9H2,2-4H3. The molecular formula is C11H21N. The van der Waals surface area contributed by atoms with Gasteiger partial charge in [0.25, 0.3) is 0 Å². The van der Waals surface area contributed by atoms with Crippen molar-refractivity contribution in [1.82, 2.24) is 4.90 Å². The highest BCUT2D eigenvalue weighted by Gasteiger charge is 2.30. The zero-order valence-electron chi connectivity index (χ0n) is 8.64. The van der Waals surface area contributed by atoms with E-state index < -0.39 is 0 Å². The first-order valence-corrected chi connectivity index (χ1v) is 4.94. The maximum absolute atomic E-state index is 3.87. The molecule has 0 N–H and O–H groups in total. The lowest BCUT2D eigenvalue weighted by molar-refractivity contribution is 0.107. The molecule has 0 spiro atoms. The first-order chi connectivity index (χ1) is 5.55. The quantitative estimate of drug-likeness (QED) is 0.580. The fraction of sp³-hybridized carbons (Fsp3) is 0.818. The molecule has 1 nitrogen and oxygen atoms in total. The van der Waals surface area contributed by atoms with Crippen LogP contribution < -0.4 is 0 Å². The summed E-state index contributed by atoms with van der Waals surface area (Å²) >= 11 is 0. The van der Waals surface area contributed by atoms with E-state index in [0.717, 1.165) is 0 Å². The molecule has 1 unspecified atom stereocenters. The molecule has 0 aromatic rings. The summed E-state index contributed by atoms with van der Waals surface area (Å²) in [5, 5.41) is 0. The van der Waals surface area contributed by atoms with Gasteiger partial charge in [0.15, 0.2) is 0 Å². The van der Waals surface area contributed by atoms with Gasteiger partial charge in [0, 0.05) is 12.6 Å². The number of nitrogens with zero attached hydrogens (tertiary/aromatic N) is 1. The molecule has 1 saturated heterocycles. The minimum Gasteiger partial charge on any atom is -0.374 e. The molecule has 12 heavy (non-hydrogen) atoms. The number of hydrogen-bond donors (Lipinski definition) is 0. The van der Waals surface area contributed by atoms with E-state index in [1.807, 2.05) is 6.20 Å². The van der Waals surface area contributed by atoms with Crippen LogP contribution in [0.2, 0.25) is 0 Å². The molecule has 0 bridgehead atoms. The van der Waals surface area contributed by atoms with Gasteiger partial charge in [0.2, 0.25) is 0 Å². The van der Waals surface area contributed by atoms with E-state index in [1.165, 1.54) is 25.8 Å². The third-order valence-electron chi connectivity index (χ3n) is 2.78. The summed E-state index contributed by atoms with van der Waals surface area (Å²) in [4.78, 5) is 2.41. The van der Waals surface area contributed by atoms with Crippen LogP contribution >= 0.6 is 0 Å². The second-order valence-electron chi connectivity index (χ2n) is 4.80. The van der Waals surface area contributed by atoms with E-state index in [0.29, 0.717) is 11.5 Å². The molecule has 0 saturated carbocycles. The van der Waals surface area contributed by atoms with Crippen molar-refractivity contribution >= 4 is 0 Å². The van der Waals surface area contributed by atoms with Gasteiger partial charge in [-0.15, -0.1) is 0 Å². The van der Waals surface area contributed by atoms with Crippen LogP contribution in [-0.4, -0.2) is 17.5 Å². The molecule has 0 radical (unpaired) electrons. The highest BCUT2D eigenvalue weighted by Crippen LogP contribution is 2.31. The highest BCUT2D eigenvalue weighted by atomic mass is 15.2. The first kappa shape index (κ1) is 9.63. The van der Waals surface area contributed by atoms with E-state index in [9.17, 15) is 0 Å². The van der Waals surface area contributed by atoms with E-state index in [-0.39, 0.29) is 0 Å². The van der Waals surface area contributed by atoms with Crippen LogP contribution in [0.25, 0.3) is 0 Å². The van der Waals surface area contributed by atoms with Gasteiger partial charge < -0.3 is 4.90 Å². The zero-order chi connectivity index (χ0) is 9.19. The number of likely N-dealkylation sites (tertiary alicyclic amines) is 1. The summed E-state index contributed by atoms with van der Waals surface area (Å²) in [6.45, 7) is 12.0. The number of rotatable bonds is 1. The maximum Gasteiger partial charge on any atom is 0.0332 e. The van der Waals surface area contributed by atoms with Gasteiger partial charge in [-0.1, -0.05) is 27.4 Å². The molecule has 1 aliphatic heterocycles. The van der Waals surface area contributed by atoms with Crippen molar-refractivity contribution in [2.75, 3.05) is 6.54 Å². The Balaban J connectivity index is 2.65. The topological polar surface area (TPSA) is 3.24 Å². The Hall–Kier alpha value is -0.460. The SMILES string of the molecule is C=CN1CCCCC1C(C)(C)C. The Bertz CT molecular complexity index is 155. The molecule has 70 valence electrons. The molecule has 0 aliphatic carbocycles. The van der Waals surface area contributed by atoms with Gasteiger partial charge in [-0.3, -0.25) is 0 Å². The van der Waals surface area contributed by atoms with Gasteiger partial charge in [0.05, 0.1) is 0 Å². The van der Waals surface area contributed by atoms with Crippen LogP contribution in [0.4, 0.5) is 0 Å². The predicted molar refractivity (Wildman–Crippen MR) is 54.0 cm³/mol. The Morgan fingerprint density at radius 2 is 2.00 bits per heavy atom. The fourth-order valence-electron chi connectivity index (χ4n) is 2.10. The van der Waals surface area contributed by atoms with Crippen molar-refractivity contribution in [2.45, 2.75) is 46.1 Å². The largest absolute Gasteiger partial charge is 0.374 e. The van der Waals surface area contributed by atoms with Crippen molar-refractivity contribution in [3.63, 3.8) is 0 Å². The molecule has 0 aromatic heterocycles. The zero-order valence-corrected chi connectivity index (χ0v) is 8.64. The van der Waals surface area contributed by atoms with Gasteiger partial charge in [0.1, 0.15) is 0 Å². The first-order valence-electron chi connectivity index (χ1n) is 4.94. The van der Waals surface area contributed by atoms with Crippen molar-refractivity contribution in [1.29, 1.82) is 0 Å². The molecule has 1 atom stereocenters. The van der Waals surface area contributed by atoms with Crippen LogP contribution in [0.1, 0.15) is 40.0 Å². The minimum absolute atomic E-state index is 0.397. The van der Waals surface area contributed by atoms with Crippen LogP contribution in [-0.2, 0) is 0 Å². The minimum atomic E-state index is 0.397. The second kappa shape index (κ2) is 3.51. The molecule has 1 heterocycles. The molecule has 0 amide bonds.